The molecule has 0 radical (unpaired) electrons. The van der Waals surface area contributed by atoms with E-state index in [4.69, 9.17) is 24.4 Å². The van der Waals surface area contributed by atoms with Crippen LogP contribution in [0.25, 0.3) is 29.9 Å². The zero-order valence-corrected chi connectivity index (χ0v) is 36.8. The smallest absolute Gasteiger partial charge is 0.657 e. The van der Waals surface area contributed by atoms with E-state index in [9.17, 15) is 14.4 Å². The summed E-state index contributed by atoms with van der Waals surface area (Å²) < 4.78 is 11.0. The minimum absolute atomic E-state index is 0. The Morgan fingerprint density at radius 3 is 2.37 bits per heavy atom. The van der Waals surface area contributed by atoms with E-state index in [2.05, 4.69) is 53.4 Å². The second-order valence-electron chi connectivity index (χ2n) is 15.9. The Morgan fingerprint density at radius 1 is 0.965 bits per heavy atom. The fraction of sp³-hybridized carbons (Fsp3) is 0.468. The topological polar surface area (TPSA) is 124 Å². The number of ether oxygens (including phenoxy) is 2. The Labute approximate surface area is 353 Å². The number of allylic oxidation sites excluding steroid dienone is 3. The number of carbonyl (C=O) groups is 3. The van der Waals surface area contributed by atoms with E-state index >= 15 is 0 Å². The summed E-state index contributed by atoms with van der Waals surface area (Å²) in [6, 6.07) is 0. The predicted molar refractivity (Wildman–Crippen MR) is 228 cm³/mol. The van der Waals surface area contributed by atoms with E-state index in [1.165, 1.54) is 31.9 Å². The molecular formula is C47H57MgN4O5-. The average molecular weight is 782 g/mol. The number of carbonyl (C=O) groups excluding carboxylic acids is 3. The molecule has 5 heterocycles. The summed E-state index contributed by atoms with van der Waals surface area (Å²) in [6.07, 6.45) is 17.0. The van der Waals surface area contributed by atoms with Gasteiger partial charge in [-0.1, -0.05) is 106 Å². The van der Waals surface area contributed by atoms with Crippen molar-refractivity contribution in [2.45, 2.75) is 107 Å². The molecule has 1 aliphatic carbocycles. The maximum Gasteiger partial charge on any atom is 2.00 e. The Balaban J connectivity index is 0.00000620. The third-order valence-electron chi connectivity index (χ3n) is 12.2. The van der Waals surface area contributed by atoms with Crippen molar-refractivity contribution in [2.75, 3.05) is 13.7 Å². The van der Waals surface area contributed by atoms with Crippen LogP contribution >= 0.6 is 0 Å². The molecule has 57 heavy (non-hydrogen) atoms. The van der Waals surface area contributed by atoms with Crippen molar-refractivity contribution in [3.63, 3.8) is 0 Å². The van der Waals surface area contributed by atoms with Crippen molar-refractivity contribution in [3.8, 4) is 0 Å². The summed E-state index contributed by atoms with van der Waals surface area (Å²) in [7, 11) is 1.30. The van der Waals surface area contributed by atoms with E-state index in [1.54, 1.807) is 0 Å². The molecule has 0 spiro atoms. The van der Waals surface area contributed by atoms with Crippen molar-refractivity contribution in [1.29, 1.82) is 0 Å². The Bertz CT molecular complexity index is 2280. The molecule has 2 aliphatic heterocycles. The maximum atomic E-state index is 14.3. The molecule has 6 rings (SSSR count). The normalized spacial score (nSPS) is 22.3. The van der Waals surface area contributed by atoms with Crippen LogP contribution in [0, 0.1) is 44.4 Å². The van der Waals surface area contributed by atoms with Gasteiger partial charge in [0.2, 0.25) is 0 Å². The van der Waals surface area contributed by atoms with Crippen LogP contribution < -0.4 is 31.0 Å². The third kappa shape index (κ3) is 8.63. The number of methoxy groups -OCH3 is 1. The van der Waals surface area contributed by atoms with Crippen LogP contribution in [0.5, 0.6) is 0 Å². The van der Waals surface area contributed by atoms with Gasteiger partial charge in [0.05, 0.1) is 7.11 Å². The number of rotatable bonds is 14. The quantitative estimate of drug-likeness (QED) is 0.0819. The first-order valence-electron chi connectivity index (χ1n) is 20.3. The molecule has 0 amide bonds. The number of aromatic nitrogens is 3. The van der Waals surface area contributed by atoms with Gasteiger partial charge in [-0.25, -0.2) is 0 Å². The third-order valence-corrected chi connectivity index (χ3v) is 12.2. The number of nitrogens with one attached hydrogen (secondary N) is 1. The molecule has 4 atom stereocenters. The summed E-state index contributed by atoms with van der Waals surface area (Å²) in [5, 5.41) is 5.25. The van der Waals surface area contributed by atoms with Gasteiger partial charge in [0.25, 0.3) is 0 Å². The number of hydrogen-bond acceptors (Lipinski definition) is 6. The Morgan fingerprint density at radius 2 is 1.68 bits per heavy atom. The van der Waals surface area contributed by atoms with E-state index in [0.29, 0.717) is 40.2 Å². The second-order valence-corrected chi connectivity index (χ2v) is 15.9. The first-order chi connectivity index (χ1) is 26.8. The van der Waals surface area contributed by atoms with Crippen LogP contribution in [-0.4, -0.2) is 54.5 Å². The molecule has 298 valence electrons. The van der Waals surface area contributed by atoms with E-state index in [0.717, 1.165) is 75.2 Å². The fourth-order valence-corrected chi connectivity index (χ4v) is 8.84. The van der Waals surface area contributed by atoms with Crippen LogP contribution in [0.15, 0.2) is 29.6 Å². The molecule has 3 aliphatic rings. The average Bonchev–Trinajstić information content (AvgIpc) is 3.91. The molecule has 3 aromatic heterocycles. The summed E-state index contributed by atoms with van der Waals surface area (Å²) >= 11 is 0. The minimum atomic E-state index is -1.19. The molecule has 1 fully saturated rings. The standard InChI is InChI=1S/C47H58N4O5.Mg/c1-11-15-25(4)16-14-17-26(5)20-21-56-40(52)19-18-33-29(8)36-22-34-27(6)31(12-2)38(48-34)23-35-28(7)32(13-3)39(49-35)24-37-30(9)41-45(51-37)42(44(33)50-36)43(46(41)53)47(54)55-10;/h12,20,22-25,29,33,43H,2,11,13-19,21H2,1,3-10H3,(H2,50,51,53);/q-2;+2/p-1/b26-20-,35-23-,36-22-,39-24-;/t25-,29+,33+,43-;/m1./s1. The van der Waals surface area contributed by atoms with Gasteiger partial charge < -0.3 is 29.7 Å². The first kappa shape index (κ1) is 43.8. The number of fused-ring (bicyclic) bond motifs is 7. The number of Topliss-reactive ketones (excluding diaryl/α,β-unsaturated/α-hetero) is 1. The van der Waals surface area contributed by atoms with Crippen LogP contribution in [-0.2, 0) is 25.5 Å². The SMILES string of the molecule is C=Cc1c2[n-]c(c1C)/C=C1\N/C(=C3\c4[n-]c(c(C)c4C(=O)[C@@H]3C(=O)OC)/C=c3\[n-]/c(c(C)c3CC)=C\2)[C@@H](CCC(=O)OC/C=C(/C)CCC[C@H](C)CCC)[C@@H]1C.[Mg+2]. The van der Waals surface area contributed by atoms with Gasteiger partial charge in [-0.3, -0.25) is 14.4 Å². The molecular weight excluding hydrogens is 725 g/mol. The second kappa shape index (κ2) is 18.5. The van der Waals surface area contributed by atoms with Crippen LogP contribution in [0.2, 0.25) is 0 Å². The van der Waals surface area contributed by atoms with E-state index < -0.39 is 11.9 Å². The largest absolute Gasteiger partial charge is 2.00 e. The van der Waals surface area contributed by atoms with Crippen LogP contribution in [0.4, 0.5) is 0 Å². The van der Waals surface area contributed by atoms with Crippen molar-refractivity contribution in [1.82, 2.24) is 20.3 Å². The van der Waals surface area contributed by atoms with Gasteiger partial charge in [0.15, 0.2) is 5.78 Å². The Kier molecular flexibility index (Phi) is 14.3. The summed E-state index contributed by atoms with van der Waals surface area (Å²) in [4.78, 5) is 56.3. The molecule has 1 N–H and O–H groups in total. The molecule has 9 nitrogen and oxygen atoms in total. The predicted octanol–water partition coefficient (Wildman–Crippen LogP) is 6.75. The zero-order chi connectivity index (χ0) is 40.4. The monoisotopic (exact) mass is 781 g/mol. The zero-order valence-electron chi connectivity index (χ0n) is 35.4. The number of esters is 2. The van der Waals surface area contributed by atoms with Crippen molar-refractivity contribution in [3.05, 3.63) is 96.5 Å². The summed E-state index contributed by atoms with van der Waals surface area (Å²) in [5.74, 6) is -2.11. The van der Waals surface area contributed by atoms with E-state index in [1.807, 2.05) is 44.2 Å². The number of ketones is 1. The molecule has 3 aromatic rings. The van der Waals surface area contributed by atoms with Gasteiger partial charge >= 0.3 is 35.0 Å². The molecule has 0 saturated carbocycles. The van der Waals surface area contributed by atoms with Crippen molar-refractivity contribution >= 4 is 70.7 Å². The first-order valence-corrected chi connectivity index (χ1v) is 20.3. The number of hydrogen-bond donors (Lipinski definition) is 1. The summed E-state index contributed by atoms with van der Waals surface area (Å²) in [6.45, 7) is 21.2. The molecule has 8 bridgehead atoms. The molecule has 0 aromatic carbocycles. The Hall–Kier alpha value is -4.28. The molecule has 0 unspecified atom stereocenters. The van der Waals surface area contributed by atoms with Crippen LogP contribution in [0.3, 0.4) is 0 Å². The van der Waals surface area contributed by atoms with Gasteiger partial charge in [-0.2, -0.15) is 0 Å². The minimum Gasteiger partial charge on any atom is -0.657 e. The van der Waals surface area contributed by atoms with Gasteiger partial charge in [0.1, 0.15) is 12.5 Å². The fourth-order valence-electron chi connectivity index (χ4n) is 8.84. The van der Waals surface area contributed by atoms with Crippen molar-refractivity contribution < 1.29 is 23.9 Å². The van der Waals surface area contributed by atoms with Gasteiger partial charge in [-0.05, 0) is 76.5 Å². The van der Waals surface area contributed by atoms with E-state index in [-0.39, 0.29) is 59.7 Å². The maximum absolute atomic E-state index is 14.3. The molecule has 1 saturated heterocycles. The van der Waals surface area contributed by atoms with Crippen LogP contribution in [0.1, 0.15) is 141 Å². The van der Waals surface area contributed by atoms with Gasteiger partial charge in [-0.15, -0.1) is 33.5 Å². The van der Waals surface area contributed by atoms with Gasteiger partial charge in [0, 0.05) is 35.2 Å². The summed E-state index contributed by atoms with van der Waals surface area (Å²) in [5.41, 5.74) is 11.1. The molecule has 10 heteroatoms. The van der Waals surface area contributed by atoms with Crippen molar-refractivity contribution in [2.24, 2.45) is 23.7 Å². The number of nitrogens with zero attached hydrogens (tertiary/aromatic N) is 3.